The van der Waals surface area contributed by atoms with Crippen molar-refractivity contribution >= 4 is 35.5 Å². The summed E-state index contributed by atoms with van der Waals surface area (Å²) in [7, 11) is 0. The third kappa shape index (κ3) is 15.1. The molecule has 1 fully saturated rings. The van der Waals surface area contributed by atoms with E-state index in [-0.39, 0.29) is 43.1 Å². The average molecular weight is 638 g/mol. The molecule has 258 valence electrons. The first-order chi connectivity index (χ1) is 21.0. The molecule has 12 nitrogen and oxygen atoms in total. The van der Waals surface area contributed by atoms with E-state index in [4.69, 9.17) is 4.74 Å². The topological polar surface area (TPSA) is 172 Å². The minimum atomic E-state index is -1.02. The highest BCUT2D eigenvalue weighted by molar-refractivity contribution is 5.95. The summed E-state index contributed by atoms with van der Waals surface area (Å²) in [5.41, 5.74) is 0. The van der Waals surface area contributed by atoms with E-state index in [1.165, 1.54) is 6.92 Å². The Morgan fingerprint density at radius 1 is 0.711 bits per heavy atom. The van der Waals surface area contributed by atoms with Crippen molar-refractivity contribution < 1.29 is 33.5 Å². The smallest absolute Gasteiger partial charge is 0.328 e. The zero-order valence-electron chi connectivity index (χ0n) is 28.9. The number of esters is 1. The van der Waals surface area contributed by atoms with Crippen LogP contribution in [0.3, 0.4) is 0 Å². The van der Waals surface area contributed by atoms with Gasteiger partial charge in [0, 0.05) is 0 Å². The van der Waals surface area contributed by atoms with E-state index in [1.54, 1.807) is 13.8 Å². The van der Waals surface area contributed by atoms with E-state index in [9.17, 15) is 28.8 Å². The second-order valence-electron chi connectivity index (χ2n) is 13.7. The molecule has 0 spiro atoms. The number of nitrogens with one attached hydrogen (secondary N) is 5. The third-order valence-corrected chi connectivity index (χ3v) is 7.91. The van der Waals surface area contributed by atoms with Crippen molar-refractivity contribution in [2.45, 2.75) is 144 Å². The summed E-state index contributed by atoms with van der Waals surface area (Å²) in [6.45, 7) is 16.3. The number of ether oxygens (including phenoxy) is 1. The minimum absolute atomic E-state index is 0.0284. The van der Waals surface area contributed by atoms with E-state index in [1.807, 2.05) is 34.6 Å². The maximum absolute atomic E-state index is 13.5. The number of unbranched alkanes of at least 4 members (excludes halogenated alkanes) is 3. The predicted molar refractivity (Wildman–Crippen MR) is 173 cm³/mol. The highest BCUT2D eigenvalue weighted by atomic mass is 16.5. The van der Waals surface area contributed by atoms with Crippen molar-refractivity contribution in [2.75, 3.05) is 6.54 Å². The van der Waals surface area contributed by atoms with Crippen molar-refractivity contribution in [1.82, 2.24) is 26.6 Å². The predicted octanol–water partition coefficient (Wildman–Crippen LogP) is 2.73. The van der Waals surface area contributed by atoms with Crippen LogP contribution in [0.15, 0.2) is 0 Å². The summed E-state index contributed by atoms with van der Waals surface area (Å²) in [4.78, 5) is 79.2. The first-order valence-electron chi connectivity index (χ1n) is 16.7. The van der Waals surface area contributed by atoms with Crippen LogP contribution in [-0.2, 0) is 33.5 Å². The number of carbonyl (C=O) groups is 6. The normalized spacial score (nSPS) is 25.7. The molecule has 6 atom stereocenters. The molecule has 0 aromatic carbocycles. The Morgan fingerprint density at radius 3 is 1.89 bits per heavy atom. The van der Waals surface area contributed by atoms with E-state index in [0.29, 0.717) is 6.42 Å². The second kappa shape index (κ2) is 20.0. The number of rotatable bonds is 11. The molecule has 5 N–H and O–H groups in total. The molecule has 1 heterocycles. The third-order valence-electron chi connectivity index (χ3n) is 7.91. The Bertz CT molecular complexity index is 1000. The van der Waals surface area contributed by atoms with Crippen molar-refractivity contribution in [3.8, 4) is 0 Å². The van der Waals surface area contributed by atoms with Crippen LogP contribution in [0.2, 0.25) is 0 Å². The van der Waals surface area contributed by atoms with E-state index in [0.717, 1.165) is 32.1 Å². The van der Waals surface area contributed by atoms with Crippen LogP contribution in [0.5, 0.6) is 0 Å². The highest BCUT2D eigenvalue weighted by Crippen LogP contribution is 2.21. The summed E-state index contributed by atoms with van der Waals surface area (Å²) in [6, 6.07) is -3.95. The molecule has 0 saturated carbocycles. The van der Waals surface area contributed by atoms with Crippen molar-refractivity contribution in [3.63, 3.8) is 0 Å². The molecule has 0 unspecified atom stereocenters. The second-order valence-corrected chi connectivity index (χ2v) is 13.7. The Labute approximate surface area is 269 Å². The average Bonchev–Trinajstić information content (AvgIpc) is 2.94. The minimum Gasteiger partial charge on any atom is -0.460 e. The molecule has 0 aliphatic carbocycles. The summed E-state index contributed by atoms with van der Waals surface area (Å²) >= 11 is 0. The Balaban J connectivity index is 3.41. The number of cyclic esters (lactones) is 1. The zero-order chi connectivity index (χ0) is 34.3. The SMILES string of the molecule is CCCCCC[C@H](C)[C@@H]1CC(=O)NCC(=O)N[C@@H](C(C)C)C(=O)N[C@H](CC(C)C)C(=O)N[C@@H](C)C(=O)N[C@@H](CC(C)C)C(=O)O1. The van der Waals surface area contributed by atoms with Gasteiger partial charge in [-0.05, 0) is 49.9 Å². The van der Waals surface area contributed by atoms with Crippen LogP contribution in [0, 0.1) is 23.7 Å². The molecule has 1 aliphatic heterocycles. The molecule has 0 aromatic heterocycles. The number of hydrogen-bond donors (Lipinski definition) is 5. The van der Waals surface area contributed by atoms with Gasteiger partial charge in [-0.3, -0.25) is 24.0 Å². The molecule has 0 radical (unpaired) electrons. The molecule has 12 heteroatoms. The van der Waals surface area contributed by atoms with Crippen molar-refractivity contribution in [2.24, 2.45) is 23.7 Å². The fraction of sp³-hybridized carbons (Fsp3) is 0.818. The first-order valence-corrected chi connectivity index (χ1v) is 16.7. The molecule has 45 heavy (non-hydrogen) atoms. The molecule has 0 aromatic rings. The Hall–Kier alpha value is -3.18. The van der Waals surface area contributed by atoms with Crippen LogP contribution < -0.4 is 26.6 Å². The lowest BCUT2D eigenvalue weighted by Gasteiger charge is -2.28. The maximum Gasteiger partial charge on any atom is 0.328 e. The van der Waals surface area contributed by atoms with E-state index in [2.05, 4.69) is 33.5 Å². The molecular weight excluding hydrogens is 578 g/mol. The lowest BCUT2D eigenvalue weighted by molar-refractivity contribution is -0.157. The van der Waals surface area contributed by atoms with Crippen molar-refractivity contribution in [3.05, 3.63) is 0 Å². The van der Waals surface area contributed by atoms with Gasteiger partial charge >= 0.3 is 5.97 Å². The van der Waals surface area contributed by atoms with Crippen LogP contribution in [0.25, 0.3) is 0 Å². The largest absolute Gasteiger partial charge is 0.460 e. The van der Waals surface area contributed by atoms with Crippen LogP contribution >= 0.6 is 0 Å². The molecular formula is C33H59N5O7. The Kier molecular flexibility index (Phi) is 17.8. The van der Waals surface area contributed by atoms with Gasteiger partial charge in [-0.1, -0.05) is 81.1 Å². The summed E-state index contributed by atoms with van der Waals surface area (Å²) in [5.74, 6) is -3.80. The maximum atomic E-state index is 13.5. The number of hydrogen-bond acceptors (Lipinski definition) is 7. The molecule has 1 aliphatic rings. The molecule has 1 rings (SSSR count). The fourth-order valence-electron chi connectivity index (χ4n) is 5.19. The van der Waals surface area contributed by atoms with Gasteiger partial charge in [0.2, 0.25) is 29.5 Å². The summed E-state index contributed by atoms with van der Waals surface area (Å²) < 4.78 is 5.92. The number of carbonyl (C=O) groups excluding carboxylic acids is 6. The zero-order valence-corrected chi connectivity index (χ0v) is 28.9. The summed E-state index contributed by atoms with van der Waals surface area (Å²) in [5, 5.41) is 13.4. The molecule has 1 saturated heterocycles. The van der Waals surface area contributed by atoms with Crippen LogP contribution in [0.4, 0.5) is 0 Å². The lowest BCUT2D eigenvalue weighted by atomic mass is 9.94. The van der Waals surface area contributed by atoms with Crippen LogP contribution in [0.1, 0.15) is 114 Å². The van der Waals surface area contributed by atoms with Gasteiger partial charge in [-0.25, -0.2) is 4.79 Å². The monoisotopic (exact) mass is 637 g/mol. The van der Waals surface area contributed by atoms with Gasteiger partial charge < -0.3 is 31.3 Å². The van der Waals surface area contributed by atoms with Gasteiger partial charge in [-0.2, -0.15) is 0 Å². The van der Waals surface area contributed by atoms with Crippen LogP contribution in [-0.4, -0.2) is 72.3 Å². The standard InChI is InChI=1S/C33H59N5O7/c1-10-11-12-13-14-22(8)26-17-27(39)34-18-28(40)38-29(21(6)7)32(43)36-24(15-19(2)3)31(42)35-23(9)30(41)37-25(16-20(4)5)33(44)45-26/h19-26,29H,10-18H2,1-9H3,(H,34,39)(H,35,42)(H,36,43)(H,37,41)(H,38,40)/t22-,23-,24+,25-,26-,29-/m0/s1. The first kappa shape index (κ1) is 39.8. The fourth-order valence-corrected chi connectivity index (χ4v) is 5.19. The van der Waals surface area contributed by atoms with E-state index >= 15 is 0 Å². The van der Waals surface area contributed by atoms with Gasteiger partial charge in [0.25, 0.3) is 0 Å². The van der Waals surface area contributed by atoms with Gasteiger partial charge in [0.1, 0.15) is 30.3 Å². The summed E-state index contributed by atoms with van der Waals surface area (Å²) in [6.07, 6.45) is 4.46. The van der Waals surface area contributed by atoms with Crippen molar-refractivity contribution in [1.29, 1.82) is 0 Å². The lowest BCUT2D eigenvalue weighted by Crippen LogP contribution is -2.58. The molecule has 5 amide bonds. The van der Waals surface area contributed by atoms with Gasteiger partial charge in [0.05, 0.1) is 13.0 Å². The quantitative estimate of drug-likeness (QED) is 0.171. The molecule has 0 bridgehead atoms. The van der Waals surface area contributed by atoms with E-state index < -0.39 is 65.8 Å². The number of amides is 5. The highest BCUT2D eigenvalue weighted by Gasteiger charge is 2.34. The van der Waals surface area contributed by atoms with Gasteiger partial charge in [0.15, 0.2) is 0 Å². The Morgan fingerprint density at radius 2 is 1.31 bits per heavy atom. The van der Waals surface area contributed by atoms with Gasteiger partial charge in [-0.15, -0.1) is 0 Å².